The van der Waals surface area contributed by atoms with Gasteiger partial charge in [0.15, 0.2) is 0 Å². The van der Waals surface area contributed by atoms with Crippen LogP contribution in [0.1, 0.15) is 40.0 Å². The number of carbonyl (C=O) groups excluding carboxylic acids is 1. The van der Waals surface area contributed by atoms with Crippen molar-refractivity contribution in [2.75, 3.05) is 24.5 Å². The second-order valence-electron chi connectivity index (χ2n) is 8.53. The van der Waals surface area contributed by atoms with Crippen LogP contribution in [-0.2, 0) is 13.0 Å². The van der Waals surface area contributed by atoms with Gasteiger partial charge in [0.2, 0.25) is 11.8 Å². The molecule has 0 aliphatic carbocycles. The van der Waals surface area contributed by atoms with E-state index in [0.717, 1.165) is 43.8 Å². The molecule has 3 heterocycles. The molecule has 0 bridgehead atoms. The highest BCUT2D eigenvalue weighted by Crippen LogP contribution is 2.33. The zero-order valence-electron chi connectivity index (χ0n) is 18.7. The molecule has 0 atom stereocenters. The molecule has 0 radical (unpaired) electrons. The Bertz CT molecular complexity index is 1240. The van der Waals surface area contributed by atoms with Gasteiger partial charge >= 0.3 is 0 Å². The van der Waals surface area contributed by atoms with Crippen LogP contribution in [0.4, 0.5) is 19.1 Å². The fourth-order valence-electron chi connectivity index (χ4n) is 4.34. The molecule has 9 heteroatoms. The molecule has 6 nitrogen and oxygen atoms in total. The normalized spacial score (nSPS) is 15.4. The van der Waals surface area contributed by atoms with Crippen molar-refractivity contribution < 1.29 is 22.7 Å². The van der Waals surface area contributed by atoms with Gasteiger partial charge in [0.25, 0.3) is 5.91 Å². The van der Waals surface area contributed by atoms with E-state index in [1.165, 1.54) is 23.1 Å². The van der Waals surface area contributed by atoms with Crippen LogP contribution in [-0.4, -0.2) is 40.4 Å². The van der Waals surface area contributed by atoms with Crippen molar-refractivity contribution in [1.82, 2.24) is 14.9 Å². The maximum Gasteiger partial charge on any atom is 0.260 e. The number of aromatic nitrogens is 2. The van der Waals surface area contributed by atoms with Gasteiger partial charge in [0.1, 0.15) is 28.8 Å². The van der Waals surface area contributed by atoms with Gasteiger partial charge in [0, 0.05) is 26.1 Å². The number of carbonyl (C=O) groups is 1. The molecule has 1 amide bonds. The molecule has 2 aromatic carbocycles. The van der Waals surface area contributed by atoms with Crippen LogP contribution in [0.3, 0.4) is 0 Å². The molecule has 0 unspecified atom stereocenters. The molecule has 3 aromatic rings. The van der Waals surface area contributed by atoms with Crippen molar-refractivity contribution in [2.45, 2.75) is 32.7 Å². The second kappa shape index (κ2) is 8.96. The van der Waals surface area contributed by atoms with Crippen LogP contribution in [0.5, 0.6) is 11.6 Å². The number of ether oxygens (including phenoxy) is 1. The average molecular weight is 468 g/mol. The highest BCUT2D eigenvalue weighted by Gasteiger charge is 2.31. The lowest BCUT2D eigenvalue weighted by Gasteiger charge is -2.30. The molecule has 0 spiro atoms. The lowest BCUT2D eigenvalue weighted by molar-refractivity contribution is 0.0722. The molecule has 5 rings (SSSR count). The summed E-state index contributed by atoms with van der Waals surface area (Å²) in [5.74, 6) is -1.71. The number of nitrogens with zero attached hydrogens (tertiary/aromatic N) is 4. The van der Waals surface area contributed by atoms with Crippen LogP contribution in [0.25, 0.3) is 0 Å². The van der Waals surface area contributed by atoms with E-state index in [1.54, 1.807) is 13.0 Å². The van der Waals surface area contributed by atoms with Gasteiger partial charge in [-0.25, -0.2) is 18.2 Å². The Labute approximate surface area is 195 Å². The van der Waals surface area contributed by atoms with Crippen molar-refractivity contribution in [1.29, 1.82) is 0 Å². The van der Waals surface area contributed by atoms with Crippen molar-refractivity contribution in [2.24, 2.45) is 0 Å². The van der Waals surface area contributed by atoms with Gasteiger partial charge in [0.05, 0.1) is 17.8 Å². The third-order valence-electron chi connectivity index (χ3n) is 6.21. The smallest absolute Gasteiger partial charge is 0.260 e. The Morgan fingerprint density at radius 3 is 2.41 bits per heavy atom. The molecule has 34 heavy (non-hydrogen) atoms. The van der Waals surface area contributed by atoms with E-state index in [4.69, 9.17) is 9.72 Å². The maximum absolute atomic E-state index is 14.2. The van der Waals surface area contributed by atoms with Crippen LogP contribution in [0.2, 0.25) is 0 Å². The number of halogens is 3. The number of hydrogen-bond donors (Lipinski definition) is 0. The van der Waals surface area contributed by atoms with Gasteiger partial charge in [-0.15, -0.1) is 0 Å². The molecule has 2 aliphatic rings. The largest absolute Gasteiger partial charge is 0.438 e. The minimum absolute atomic E-state index is 0.0394. The van der Waals surface area contributed by atoms with Crippen molar-refractivity contribution in [3.05, 3.63) is 76.2 Å². The van der Waals surface area contributed by atoms with Gasteiger partial charge in [-0.2, -0.15) is 4.98 Å². The number of amides is 1. The van der Waals surface area contributed by atoms with Crippen LogP contribution in [0.15, 0.2) is 36.4 Å². The standard InChI is InChI=1S/C25H23F3N4O2/c1-15-13-16(7-8-18(15)26)34-23-17-14-32(24(33)22-19(27)5-4-6-20(22)28)12-9-21(17)29-25(30-23)31-10-2-3-11-31/h4-8,13H,2-3,9-12,14H2,1H3. The van der Waals surface area contributed by atoms with E-state index >= 15 is 0 Å². The minimum Gasteiger partial charge on any atom is -0.438 e. The average Bonchev–Trinajstić information content (AvgIpc) is 3.36. The number of hydrogen-bond acceptors (Lipinski definition) is 5. The quantitative estimate of drug-likeness (QED) is 0.551. The van der Waals surface area contributed by atoms with E-state index in [0.29, 0.717) is 29.2 Å². The van der Waals surface area contributed by atoms with Gasteiger partial charge < -0.3 is 14.5 Å². The van der Waals surface area contributed by atoms with E-state index < -0.39 is 23.1 Å². The predicted octanol–water partition coefficient (Wildman–Crippen LogP) is 4.79. The molecule has 1 aromatic heterocycles. The highest BCUT2D eigenvalue weighted by atomic mass is 19.1. The molecule has 1 saturated heterocycles. The number of benzene rings is 2. The van der Waals surface area contributed by atoms with Crippen LogP contribution >= 0.6 is 0 Å². The molecule has 2 aliphatic heterocycles. The monoisotopic (exact) mass is 468 g/mol. The summed E-state index contributed by atoms with van der Waals surface area (Å²) in [4.78, 5) is 25.8. The summed E-state index contributed by atoms with van der Waals surface area (Å²) < 4.78 is 48.3. The molecule has 0 N–H and O–H groups in total. The summed E-state index contributed by atoms with van der Waals surface area (Å²) >= 11 is 0. The molecule has 1 fully saturated rings. The molecule has 176 valence electrons. The summed E-state index contributed by atoms with van der Waals surface area (Å²) in [7, 11) is 0. The maximum atomic E-state index is 14.2. The van der Waals surface area contributed by atoms with Gasteiger partial charge in [-0.1, -0.05) is 6.07 Å². The SMILES string of the molecule is Cc1cc(Oc2nc(N3CCCC3)nc3c2CN(C(=O)c2c(F)cccc2F)CC3)ccc1F. The predicted molar refractivity (Wildman–Crippen MR) is 119 cm³/mol. The zero-order chi connectivity index (χ0) is 23.8. The number of aryl methyl sites for hydroxylation is 1. The number of anilines is 1. The first-order valence-electron chi connectivity index (χ1n) is 11.2. The lowest BCUT2D eigenvalue weighted by Crippen LogP contribution is -2.38. The zero-order valence-corrected chi connectivity index (χ0v) is 18.7. The molecule has 0 saturated carbocycles. The first-order valence-corrected chi connectivity index (χ1v) is 11.2. The van der Waals surface area contributed by atoms with Crippen molar-refractivity contribution in [3.8, 4) is 11.6 Å². The van der Waals surface area contributed by atoms with Crippen molar-refractivity contribution >= 4 is 11.9 Å². The summed E-state index contributed by atoms with van der Waals surface area (Å²) in [5, 5.41) is 0. The highest BCUT2D eigenvalue weighted by molar-refractivity contribution is 5.95. The summed E-state index contributed by atoms with van der Waals surface area (Å²) in [6.45, 7) is 3.61. The first kappa shape index (κ1) is 22.2. The fourth-order valence-corrected chi connectivity index (χ4v) is 4.34. The Kier molecular flexibility index (Phi) is 5.85. The van der Waals surface area contributed by atoms with Crippen LogP contribution in [0, 0.1) is 24.4 Å². The molecular weight excluding hydrogens is 445 g/mol. The Balaban J connectivity index is 1.51. The molecular formula is C25H23F3N4O2. The topological polar surface area (TPSA) is 58.6 Å². The Hall–Kier alpha value is -3.62. The third kappa shape index (κ3) is 4.18. The summed E-state index contributed by atoms with van der Waals surface area (Å²) in [6, 6.07) is 7.73. The third-order valence-corrected chi connectivity index (χ3v) is 6.21. The van der Waals surface area contributed by atoms with E-state index in [1.807, 2.05) is 0 Å². The first-order chi connectivity index (χ1) is 16.4. The van der Waals surface area contributed by atoms with Gasteiger partial charge in [-0.05, 0) is 55.7 Å². The van der Waals surface area contributed by atoms with Gasteiger partial charge in [-0.3, -0.25) is 4.79 Å². The lowest BCUT2D eigenvalue weighted by atomic mass is 10.0. The fraction of sp³-hybridized carbons (Fsp3) is 0.320. The van der Waals surface area contributed by atoms with Crippen LogP contribution < -0.4 is 9.64 Å². The summed E-state index contributed by atoms with van der Waals surface area (Å²) in [5.41, 5.74) is 1.13. The second-order valence-corrected chi connectivity index (χ2v) is 8.53. The Morgan fingerprint density at radius 2 is 1.71 bits per heavy atom. The number of fused-ring (bicyclic) bond motifs is 1. The van der Waals surface area contributed by atoms with E-state index in [9.17, 15) is 18.0 Å². The number of rotatable bonds is 4. The summed E-state index contributed by atoms with van der Waals surface area (Å²) in [6.07, 6.45) is 2.48. The van der Waals surface area contributed by atoms with E-state index in [-0.39, 0.29) is 24.8 Å². The Morgan fingerprint density at radius 1 is 0.971 bits per heavy atom. The minimum atomic E-state index is -0.908. The van der Waals surface area contributed by atoms with Crippen molar-refractivity contribution in [3.63, 3.8) is 0 Å². The van der Waals surface area contributed by atoms with E-state index in [2.05, 4.69) is 9.88 Å².